The average Bonchev–Trinajstić information content (AvgIpc) is 2.73. The number of fused-ring (bicyclic) bond motifs is 1. The van der Waals surface area contributed by atoms with E-state index in [0.29, 0.717) is 11.1 Å². The molecule has 0 saturated carbocycles. The summed E-state index contributed by atoms with van der Waals surface area (Å²) >= 11 is 0. The van der Waals surface area contributed by atoms with Crippen LogP contribution in [0.4, 0.5) is 0 Å². The summed E-state index contributed by atoms with van der Waals surface area (Å²) in [6.07, 6.45) is 1.66. The first kappa shape index (κ1) is 16.0. The standard InChI is InChI=1S/C17H20BNO4/c1-16(2)17(3,4)23-18(22-16)12-9-11-7-6-8-19-14(11)13(10-12)15(20)21-5/h6-10H,1-5H3. The molecule has 120 valence electrons. The fourth-order valence-electron chi connectivity index (χ4n) is 2.60. The highest BCUT2D eigenvalue weighted by atomic mass is 16.7. The molecule has 1 fully saturated rings. The highest BCUT2D eigenvalue weighted by molar-refractivity contribution is 6.62. The van der Waals surface area contributed by atoms with Gasteiger partial charge in [0.05, 0.1) is 29.4 Å². The highest BCUT2D eigenvalue weighted by Crippen LogP contribution is 2.36. The van der Waals surface area contributed by atoms with Crippen molar-refractivity contribution in [1.82, 2.24) is 4.98 Å². The number of ether oxygens (including phenoxy) is 1. The molecule has 0 amide bonds. The summed E-state index contributed by atoms with van der Waals surface area (Å²) < 4.78 is 17.0. The van der Waals surface area contributed by atoms with Crippen molar-refractivity contribution < 1.29 is 18.8 Å². The van der Waals surface area contributed by atoms with E-state index in [2.05, 4.69) is 4.98 Å². The molecule has 0 spiro atoms. The van der Waals surface area contributed by atoms with Crippen LogP contribution in [-0.4, -0.2) is 36.4 Å². The molecule has 0 unspecified atom stereocenters. The van der Waals surface area contributed by atoms with Gasteiger partial charge in [-0.2, -0.15) is 0 Å². The van der Waals surface area contributed by atoms with E-state index in [-0.39, 0.29) is 0 Å². The fraction of sp³-hybridized carbons (Fsp3) is 0.412. The second-order valence-electron chi connectivity index (χ2n) is 6.72. The number of methoxy groups -OCH3 is 1. The van der Waals surface area contributed by atoms with Crippen LogP contribution in [-0.2, 0) is 14.0 Å². The summed E-state index contributed by atoms with van der Waals surface area (Å²) in [6.45, 7) is 7.99. The molecule has 0 atom stereocenters. The lowest BCUT2D eigenvalue weighted by Gasteiger charge is -2.32. The molecule has 1 aliphatic rings. The third-order valence-corrected chi connectivity index (χ3v) is 4.66. The molecule has 1 saturated heterocycles. The molecule has 3 rings (SSSR count). The Kier molecular flexibility index (Phi) is 3.69. The molecule has 5 nitrogen and oxygen atoms in total. The summed E-state index contributed by atoms with van der Waals surface area (Å²) in [7, 11) is 0.825. The van der Waals surface area contributed by atoms with Gasteiger partial charge in [0, 0.05) is 11.6 Å². The molecule has 6 heteroatoms. The van der Waals surface area contributed by atoms with Crippen LogP contribution in [0, 0.1) is 0 Å². The number of pyridine rings is 1. The maximum Gasteiger partial charge on any atom is 0.494 e. The van der Waals surface area contributed by atoms with Gasteiger partial charge in [0.15, 0.2) is 0 Å². The van der Waals surface area contributed by atoms with Gasteiger partial charge in [-0.1, -0.05) is 12.1 Å². The van der Waals surface area contributed by atoms with Gasteiger partial charge in [0.2, 0.25) is 0 Å². The van der Waals surface area contributed by atoms with Crippen LogP contribution in [0.15, 0.2) is 30.5 Å². The summed E-state index contributed by atoms with van der Waals surface area (Å²) in [5.41, 5.74) is 0.930. The van der Waals surface area contributed by atoms with E-state index in [1.54, 1.807) is 12.3 Å². The summed E-state index contributed by atoms with van der Waals surface area (Å²) in [5.74, 6) is -0.424. The van der Waals surface area contributed by atoms with Crippen LogP contribution in [0.25, 0.3) is 10.9 Å². The first-order valence-electron chi connectivity index (χ1n) is 7.58. The lowest BCUT2D eigenvalue weighted by Crippen LogP contribution is -2.41. The van der Waals surface area contributed by atoms with Gasteiger partial charge >= 0.3 is 13.1 Å². The van der Waals surface area contributed by atoms with E-state index >= 15 is 0 Å². The molecule has 1 aromatic carbocycles. The molecule has 2 aromatic rings. The van der Waals surface area contributed by atoms with Crippen molar-refractivity contribution in [2.45, 2.75) is 38.9 Å². The minimum atomic E-state index is -0.534. The Morgan fingerprint density at radius 3 is 2.43 bits per heavy atom. The number of nitrogens with zero attached hydrogens (tertiary/aromatic N) is 1. The molecular formula is C17H20BNO4. The van der Waals surface area contributed by atoms with Crippen LogP contribution < -0.4 is 5.46 Å². The van der Waals surface area contributed by atoms with Crippen molar-refractivity contribution in [1.29, 1.82) is 0 Å². The van der Waals surface area contributed by atoms with Gasteiger partial charge in [0.1, 0.15) is 0 Å². The van der Waals surface area contributed by atoms with E-state index in [1.807, 2.05) is 45.9 Å². The molecule has 0 N–H and O–H groups in total. The van der Waals surface area contributed by atoms with Crippen LogP contribution in [0.2, 0.25) is 0 Å². The lowest BCUT2D eigenvalue weighted by atomic mass is 9.77. The van der Waals surface area contributed by atoms with Crippen molar-refractivity contribution in [2.75, 3.05) is 7.11 Å². The van der Waals surface area contributed by atoms with Crippen molar-refractivity contribution in [3.63, 3.8) is 0 Å². The second kappa shape index (κ2) is 5.32. The SMILES string of the molecule is COC(=O)c1cc(B2OC(C)(C)C(C)(C)O2)cc2cccnc12. The minimum absolute atomic E-state index is 0.412. The predicted molar refractivity (Wildman–Crippen MR) is 88.8 cm³/mol. The Balaban J connectivity index is 2.11. The molecule has 2 heterocycles. The maximum absolute atomic E-state index is 12.1. The van der Waals surface area contributed by atoms with Crippen LogP contribution in [0.3, 0.4) is 0 Å². The second-order valence-corrected chi connectivity index (χ2v) is 6.72. The number of carbonyl (C=O) groups is 1. The molecule has 0 bridgehead atoms. The van der Waals surface area contributed by atoms with Crippen LogP contribution in [0.1, 0.15) is 38.1 Å². The van der Waals surface area contributed by atoms with Crippen molar-refractivity contribution >= 4 is 29.5 Å². The number of hydrogen-bond acceptors (Lipinski definition) is 5. The van der Waals surface area contributed by atoms with Crippen molar-refractivity contribution in [3.8, 4) is 0 Å². The highest BCUT2D eigenvalue weighted by Gasteiger charge is 2.51. The van der Waals surface area contributed by atoms with Gasteiger partial charge in [-0.15, -0.1) is 0 Å². The zero-order chi connectivity index (χ0) is 16.8. The molecule has 23 heavy (non-hydrogen) atoms. The van der Waals surface area contributed by atoms with Gasteiger partial charge < -0.3 is 14.0 Å². The number of rotatable bonds is 2. The Bertz CT molecular complexity index is 756. The maximum atomic E-state index is 12.1. The van der Waals surface area contributed by atoms with E-state index in [0.717, 1.165) is 10.8 Å². The summed E-state index contributed by atoms with van der Waals surface area (Å²) in [4.78, 5) is 16.4. The normalized spacial score (nSPS) is 19.1. The predicted octanol–water partition coefficient (Wildman–Crippen LogP) is 2.32. The monoisotopic (exact) mass is 313 g/mol. The summed E-state index contributed by atoms with van der Waals surface area (Å²) in [6, 6.07) is 7.42. The van der Waals surface area contributed by atoms with Gasteiger partial charge in [0.25, 0.3) is 0 Å². The number of carbonyl (C=O) groups excluding carboxylic acids is 1. The van der Waals surface area contributed by atoms with Gasteiger partial charge in [-0.25, -0.2) is 4.79 Å². The lowest BCUT2D eigenvalue weighted by molar-refractivity contribution is 0.00578. The molecule has 1 aliphatic heterocycles. The van der Waals surface area contributed by atoms with Crippen molar-refractivity contribution in [3.05, 3.63) is 36.0 Å². The Hall–Kier alpha value is -1.92. The third kappa shape index (κ3) is 2.62. The van der Waals surface area contributed by atoms with E-state index < -0.39 is 24.3 Å². The Labute approximate surface area is 136 Å². The largest absolute Gasteiger partial charge is 0.494 e. The topological polar surface area (TPSA) is 57.7 Å². The smallest absolute Gasteiger partial charge is 0.465 e. The minimum Gasteiger partial charge on any atom is -0.465 e. The Morgan fingerprint density at radius 1 is 1.17 bits per heavy atom. The van der Waals surface area contributed by atoms with E-state index in [1.165, 1.54) is 7.11 Å². The van der Waals surface area contributed by atoms with Crippen LogP contribution >= 0.6 is 0 Å². The first-order chi connectivity index (χ1) is 10.7. The van der Waals surface area contributed by atoms with Gasteiger partial charge in [-0.3, -0.25) is 4.98 Å². The molecule has 1 aromatic heterocycles. The number of esters is 1. The van der Waals surface area contributed by atoms with Crippen LogP contribution in [0.5, 0.6) is 0 Å². The zero-order valence-corrected chi connectivity index (χ0v) is 14.0. The fourth-order valence-corrected chi connectivity index (χ4v) is 2.60. The molecule has 0 radical (unpaired) electrons. The van der Waals surface area contributed by atoms with E-state index in [4.69, 9.17) is 14.0 Å². The van der Waals surface area contributed by atoms with E-state index in [9.17, 15) is 4.79 Å². The van der Waals surface area contributed by atoms with Gasteiger partial charge in [-0.05, 0) is 45.3 Å². The summed E-state index contributed by atoms with van der Waals surface area (Å²) in [5, 5.41) is 0.847. The molecular weight excluding hydrogens is 293 g/mol. The number of hydrogen-bond donors (Lipinski definition) is 0. The zero-order valence-electron chi connectivity index (χ0n) is 14.0. The average molecular weight is 313 g/mol. The first-order valence-corrected chi connectivity index (χ1v) is 7.58. The number of benzene rings is 1. The Morgan fingerprint density at radius 2 is 1.83 bits per heavy atom. The quantitative estimate of drug-likeness (QED) is 0.629. The van der Waals surface area contributed by atoms with Crippen molar-refractivity contribution in [2.24, 2.45) is 0 Å². The third-order valence-electron chi connectivity index (χ3n) is 4.66. The number of aromatic nitrogens is 1. The molecule has 0 aliphatic carbocycles.